The fraction of sp³-hybridized carbons (Fsp3) is 0.538. The summed E-state index contributed by atoms with van der Waals surface area (Å²) in [7, 11) is 1.71. The molecule has 2 fully saturated rings. The molecule has 3 aliphatic heterocycles. The molecule has 3 heterocycles. The Morgan fingerprint density at radius 1 is 1.15 bits per heavy atom. The fourth-order valence-corrected chi connectivity index (χ4v) is 9.44. The second kappa shape index (κ2) is 16.3. The number of hydrogen-bond acceptors (Lipinski definition) is 13. The van der Waals surface area contributed by atoms with Crippen LogP contribution in [0.2, 0.25) is 0 Å². The van der Waals surface area contributed by atoms with Gasteiger partial charge in [-0.25, -0.2) is 5.26 Å². The first-order valence-electron chi connectivity index (χ1n) is 13.0. The number of ether oxygens (including phenoxy) is 2. The number of thiocarbonyl (C=S) groups is 1. The third-order valence-corrected chi connectivity index (χ3v) is 12.1. The van der Waals surface area contributed by atoms with Crippen LogP contribution in [0.25, 0.3) is 0 Å². The summed E-state index contributed by atoms with van der Waals surface area (Å²) in [5, 5.41) is 13.6. The van der Waals surface area contributed by atoms with Gasteiger partial charge in [-0.15, -0.1) is 4.33 Å². The molecule has 220 valence electrons. The SMILES string of the molecule is C=C1CSCC(OCCOc2cc3c(cc2SOOO)N(CCCCCC)C(=C2SC(=S)N(C)C2=O)S3)CSC1. The second-order valence-corrected chi connectivity index (χ2v) is 14.8. The smallest absolute Gasteiger partial charge is 0.268 e. The number of anilines is 1. The van der Waals surface area contributed by atoms with E-state index in [2.05, 4.69) is 23.4 Å². The summed E-state index contributed by atoms with van der Waals surface area (Å²) in [5.41, 5.74) is 2.23. The van der Waals surface area contributed by atoms with Gasteiger partial charge in [0, 0.05) is 41.5 Å². The van der Waals surface area contributed by atoms with E-state index in [-0.39, 0.29) is 12.0 Å². The molecule has 1 aromatic rings. The number of rotatable bonds is 13. The predicted octanol–water partition coefficient (Wildman–Crippen LogP) is 7.07. The van der Waals surface area contributed by atoms with Gasteiger partial charge in [-0.3, -0.25) is 9.69 Å². The highest BCUT2D eigenvalue weighted by atomic mass is 32.2. The van der Waals surface area contributed by atoms with E-state index < -0.39 is 0 Å². The number of nitrogens with zero attached hydrogens (tertiary/aromatic N) is 2. The van der Waals surface area contributed by atoms with Crippen LogP contribution in [0.3, 0.4) is 0 Å². The number of likely N-dealkylation sites (N-methyl/N-ethyl adjacent to an activating group) is 1. The van der Waals surface area contributed by atoms with Crippen LogP contribution >= 0.6 is 71.3 Å². The molecule has 14 heteroatoms. The van der Waals surface area contributed by atoms with Gasteiger partial charge in [0.25, 0.3) is 5.91 Å². The molecule has 0 radical (unpaired) electrons. The summed E-state index contributed by atoms with van der Waals surface area (Å²) in [6.07, 6.45) is 4.56. The summed E-state index contributed by atoms with van der Waals surface area (Å²) in [4.78, 5) is 19.0. The number of carbonyl (C=O) groups is 1. The summed E-state index contributed by atoms with van der Waals surface area (Å²) in [5.74, 6) is 4.33. The van der Waals surface area contributed by atoms with Crippen molar-refractivity contribution >= 4 is 87.2 Å². The van der Waals surface area contributed by atoms with Crippen LogP contribution in [0.5, 0.6) is 5.75 Å². The number of amides is 1. The van der Waals surface area contributed by atoms with Gasteiger partial charge < -0.3 is 14.4 Å². The van der Waals surface area contributed by atoms with Crippen LogP contribution in [0.1, 0.15) is 32.6 Å². The molecular weight excluding hydrogens is 629 g/mol. The van der Waals surface area contributed by atoms with Gasteiger partial charge in [-0.1, -0.05) is 79.1 Å². The van der Waals surface area contributed by atoms with Gasteiger partial charge in [0.2, 0.25) is 0 Å². The van der Waals surface area contributed by atoms with Crippen molar-refractivity contribution in [3.8, 4) is 5.75 Å². The van der Waals surface area contributed by atoms with Gasteiger partial charge in [0.05, 0.1) is 35.3 Å². The molecular formula is C26H34N2O6S6. The minimum atomic E-state index is -0.0843. The van der Waals surface area contributed by atoms with Crippen molar-refractivity contribution in [2.24, 2.45) is 0 Å². The molecule has 1 amide bonds. The van der Waals surface area contributed by atoms with E-state index in [1.54, 1.807) is 18.8 Å². The Labute approximate surface area is 262 Å². The van der Waals surface area contributed by atoms with E-state index >= 15 is 0 Å². The topological polar surface area (TPSA) is 80.7 Å². The minimum absolute atomic E-state index is 0.0843. The summed E-state index contributed by atoms with van der Waals surface area (Å²) in [6, 6.07) is 3.91. The Hall–Kier alpha value is -0.550. The Balaban J connectivity index is 1.50. The highest BCUT2D eigenvalue weighted by Gasteiger charge is 2.38. The monoisotopic (exact) mass is 662 g/mol. The molecule has 4 rings (SSSR count). The van der Waals surface area contributed by atoms with Gasteiger partial charge in [-0.2, -0.15) is 23.5 Å². The maximum atomic E-state index is 13.0. The zero-order chi connectivity index (χ0) is 28.5. The Kier molecular flexibility index (Phi) is 13.2. The average Bonchev–Trinajstić information content (AvgIpc) is 3.41. The third-order valence-electron chi connectivity index (χ3n) is 6.23. The van der Waals surface area contributed by atoms with Crippen molar-refractivity contribution in [2.45, 2.75) is 48.5 Å². The Morgan fingerprint density at radius 3 is 2.60 bits per heavy atom. The van der Waals surface area contributed by atoms with Crippen LogP contribution < -0.4 is 9.64 Å². The van der Waals surface area contributed by atoms with Crippen LogP contribution in [-0.2, 0) is 18.9 Å². The van der Waals surface area contributed by atoms with E-state index in [1.165, 1.54) is 22.2 Å². The van der Waals surface area contributed by atoms with Gasteiger partial charge in [0.15, 0.2) is 0 Å². The molecule has 0 aromatic heterocycles. The van der Waals surface area contributed by atoms with Crippen molar-refractivity contribution in [1.82, 2.24) is 4.90 Å². The van der Waals surface area contributed by atoms with Crippen molar-refractivity contribution in [3.05, 3.63) is 34.2 Å². The molecule has 40 heavy (non-hydrogen) atoms. The molecule has 0 atom stereocenters. The van der Waals surface area contributed by atoms with E-state index in [0.717, 1.165) is 82.9 Å². The number of hydrogen-bond donors (Lipinski definition) is 1. The molecule has 3 aliphatic rings. The largest absolute Gasteiger partial charge is 0.490 e. The first-order valence-corrected chi connectivity index (χ1v) is 18.1. The lowest BCUT2D eigenvalue weighted by molar-refractivity contribution is -0.432. The fourth-order valence-electron chi connectivity index (χ4n) is 4.20. The maximum absolute atomic E-state index is 13.0. The van der Waals surface area contributed by atoms with E-state index in [9.17, 15) is 4.79 Å². The zero-order valence-corrected chi connectivity index (χ0v) is 27.4. The lowest BCUT2D eigenvalue weighted by atomic mass is 10.2. The standard InChI is InChI=1S/C26H34N2O6S6/c1-4-5-6-7-8-28-19-11-22(40-34-33-30)20(32-10-9-31-18-15-36-13-17(2)14-37-16-18)12-21(19)38-25(28)23-24(29)27(3)26(35)39-23/h11-12,18,30H,2,4-10,13-16H2,1,3H3. The predicted molar refractivity (Wildman–Crippen MR) is 173 cm³/mol. The number of unbranched alkanes of at least 4 members (excludes halogenated alkanes) is 3. The molecule has 0 unspecified atom stereocenters. The van der Waals surface area contributed by atoms with Crippen LogP contribution in [-0.4, -0.2) is 76.3 Å². The zero-order valence-electron chi connectivity index (χ0n) is 22.5. The maximum Gasteiger partial charge on any atom is 0.268 e. The second-order valence-electron chi connectivity index (χ2n) is 9.29. The number of thioether (sulfide) groups is 4. The molecule has 8 nitrogen and oxygen atoms in total. The number of carbonyl (C=O) groups excluding carboxylic acids is 1. The van der Waals surface area contributed by atoms with E-state index in [1.807, 2.05) is 35.7 Å². The third kappa shape index (κ3) is 8.51. The molecule has 1 N–H and O–H groups in total. The molecule has 0 spiro atoms. The van der Waals surface area contributed by atoms with Crippen molar-refractivity contribution in [3.63, 3.8) is 0 Å². The van der Waals surface area contributed by atoms with E-state index in [0.29, 0.717) is 33.1 Å². The highest BCUT2D eigenvalue weighted by Crippen LogP contribution is 2.53. The van der Waals surface area contributed by atoms with Crippen molar-refractivity contribution < 1.29 is 28.9 Å². The number of benzene rings is 1. The Bertz CT molecular complexity index is 1110. The molecule has 0 bridgehead atoms. The summed E-state index contributed by atoms with van der Waals surface area (Å²) in [6.45, 7) is 7.86. The van der Waals surface area contributed by atoms with Crippen LogP contribution in [0.15, 0.2) is 44.0 Å². The van der Waals surface area contributed by atoms with Gasteiger partial charge >= 0.3 is 0 Å². The molecule has 1 aromatic carbocycles. The van der Waals surface area contributed by atoms with Gasteiger partial charge in [0.1, 0.15) is 26.6 Å². The highest BCUT2D eigenvalue weighted by molar-refractivity contribution is 8.27. The van der Waals surface area contributed by atoms with Gasteiger partial charge in [-0.05, 0) is 18.6 Å². The average molecular weight is 663 g/mol. The first-order chi connectivity index (χ1) is 19.4. The number of fused-ring (bicyclic) bond motifs is 1. The van der Waals surface area contributed by atoms with E-state index in [4.69, 9.17) is 31.3 Å². The van der Waals surface area contributed by atoms with Crippen LogP contribution in [0.4, 0.5) is 5.69 Å². The summed E-state index contributed by atoms with van der Waals surface area (Å²) >= 11 is 12.9. The molecule has 0 saturated carbocycles. The lowest BCUT2D eigenvalue weighted by Crippen LogP contribution is -2.25. The van der Waals surface area contributed by atoms with Crippen LogP contribution in [0, 0.1) is 0 Å². The lowest BCUT2D eigenvalue weighted by Gasteiger charge is -2.22. The summed E-state index contributed by atoms with van der Waals surface area (Å²) < 4.78 is 17.6. The van der Waals surface area contributed by atoms with Crippen molar-refractivity contribution in [1.29, 1.82) is 0 Å². The first kappa shape index (κ1) is 32.4. The molecule has 2 saturated heterocycles. The minimum Gasteiger partial charge on any atom is -0.490 e. The van der Waals surface area contributed by atoms with Crippen molar-refractivity contribution in [2.75, 3.05) is 54.7 Å². The quantitative estimate of drug-likeness (QED) is 0.0445. The Morgan fingerprint density at radius 2 is 1.93 bits per heavy atom. The molecule has 0 aliphatic carbocycles. The normalized spacial score (nSPS) is 20.3.